The third-order valence-corrected chi connectivity index (χ3v) is 7.03. The van der Waals surface area contributed by atoms with Gasteiger partial charge in [-0.15, -0.1) is 5.73 Å². The number of allylic oxidation sites excluding steroid dienone is 5. The third kappa shape index (κ3) is 2.32. The molecular weight excluding hydrogens is 287 g/mol. The maximum absolute atomic E-state index is 10.4. The van der Waals surface area contributed by atoms with Crippen molar-refractivity contribution in [1.29, 1.82) is 0 Å². The van der Waals surface area contributed by atoms with Crippen molar-refractivity contribution in [3.63, 3.8) is 0 Å². The van der Waals surface area contributed by atoms with Crippen LogP contribution in [-0.2, 0) is 0 Å². The summed E-state index contributed by atoms with van der Waals surface area (Å²) >= 11 is 0. The monoisotopic (exact) mass is 312 g/mol. The Hall–Kier alpha value is -1.06. The van der Waals surface area contributed by atoms with Crippen LogP contribution in [0.5, 0.6) is 0 Å². The first kappa shape index (κ1) is 15.5. The smallest absolute Gasteiger partial charge is 0.423 e. The van der Waals surface area contributed by atoms with E-state index in [1.54, 1.807) is 6.08 Å². The van der Waals surface area contributed by atoms with Crippen LogP contribution in [0, 0.1) is 23.2 Å². The normalized spacial score (nSPS) is 41.8. The largest absolute Gasteiger partial charge is 0.489 e. The molecule has 3 N–H and O–H groups in total. The number of aliphatic hydroxyl groups excluding tert-OH is 1. The van der Waals surface area contributed by atoms with Crippen LogP contribution in [0.3, 0.4) is 0 Å². The lowest BCUT2D eigenvalue weighted by Gasteiger charge is -2.50. The highest BCUT2D eigenvalue weighted by Gasteiger charge is 2.54. The van der Waals surface area contributed by atoms with Crippen molar-refractivity contribution in [2.75, 3.05) is 0 Å². The summed E-state index contributed by atoms with van der Waals surface area (Å²) in [7, 11) is -1.43. The van der Waals surface area contributed by atoms with Crippen molar-refractivity contribution in [3.05, 3.63) is 40.6 Å². The Morgan fingerprint density at radius 3 is 2.78 bits per heavy atom. The van der Waals surface area contributed by atoms with E-state index in [9.17, 15) is 15.2 Å². The van der Waals surface area contributed by atoms with Gasteiger partial charge in [0.1, 0.15) is 0 Å². The van der Waals surface area contributed by atoms with Crippen molar-refractivity contribution in [3.8, 4) is 0 Å². The van der Waals surface area contributed by atoms with Gasteiger partial charge in [0.2, 0.25) is 0 Å². The average molecular weight is 312 g/mol. The predicted octanol–water partition coefficient (Wildman–Crippen LogP) is 2.54. The van der Waals surface area contributed by atoms with Gasteiger partial charge in [-0.05, 0) is 84.4 Å². The van der Waals surface area contributed by atoms with Crippen LogP contribution in [0.1, 0.15) is 45.4 Å². The van der Waals surface area contributed by atoms with Crippen molar-refractivity contribution < 1.29 is 15.2 Å². The summed E-state index contributed by atoms with van der Waals surface area (Å²) < 4.78 is 0. The lowest BCUT2D eigenvalue weighted by Crippen LogP contribution is -2.45. The molecule has 0 heterocycles. The zero-order valence-corrected chi connectivity index (χ0v) is 13.7. The first-order valence-corrected chi connectivity index (χ1v) is 8.92. The molecular formula is C19H25BO3. The molecule has 0 aromatic rings. The molecule has 4 aliphatic rings. The Labute approximate surface area is 138 Å². The van der Waals surface area contributed by atoms with Gasteiger partial charge in [-0.1, -0.05) is 19.1 Å². The van der Waals surface area contributed by atoms with Crippen LogP contribution in [-0.4, -0.2) is 28.4 Å². The van der Waals surface area contributed by atoms with Crippen LogP contribution in [0.15, 0.2) is 40.6 Å². The molecule has 4 rings (SSSR count). The van der Waals surface area contributed by atoms with Gasteiger partial charge in [-0.2, -0.15) is 0 Å². The van der Waals surface area contributed by atoms with Crippen molar-refractivity contribution in [2.45, 2.75) is 51.6 Å². The molecule has 4 heteroatoms. The first-order valence-electron chi connectivity index (χ1n) is 8.92. The molecule has 3 nitrogen and oxygen atoms in total. The quantitative estimate of drug-likeness (QED) is 0.515. The van der Waals surface area contributed by atoms with Crippen molar-refractivity contribution in [2.24, 2.45) is 23.2 Å². The Morgan fingerprint density at radius 1 is 1.17 bits per heavy atom. The van der Waals surface area contributed by atoms with Crippen LogP contribution in [0.2, 0.25) is 0 Å². The Balaban J connectivity index is 1.68. The Kier molecular flexibility index (Phi) is 3.70. The molecule has 0 bridgehead atoms. The molecule has 0 aromatic carbocycles. The highest BCUT2D eigenvalue weighted by Crippen LogP contribution is 2.60. The summed E-state index contributed by atoms with van der Waals surface area (Å²) in [5.74, 6) is 1.81. The zero-order chi connectivity index (χ0) is 16.2. The van der Waals surface area contributed by atoms with E-state index in [-0.39, 0.29) is 11.5 Å². The second-order valence-electron chi connectivity index (χ2n) is 7.98. The fourth-order valence-electron chi connectivity index (χ4n) is 5.67. The fourth-order valence-corrected chi connectivity index (χ4v) is 5.67. The van der Waals surface area contributed by atoms with Gasteiger partial charge in [0.25, 0.3) is 0 Å². The van der Waals surface area contributed by atoms with Gasteiger partial charge < -0.3 is 15.2 Å². The third-order valence-electron chi connectivity index (χ3n) is 7.03. The van der Waals surface area contributed by atoms with Crippen LogP contribution >= 0.6 is 0 Å². The molecule has 0 amide bonds. The van der Waals surface area contributed by atoms with E-state index in [0.717, 1.165) is 32.1 Å². The maximum Gasteiger partial charge on any atom is 0.489 e. The van der Waals surface area contributed by atoms with E-state index in [2.05, 4.69) is 18.7 Å². The van der Waals surface area contributed by atoms with Crippen LogP contribution in [0.4, 0.5) is 0 Å². The lowest BCUT2D eigenvalue weighted by molar-refractivity contribution is -0.0304. The second-order valence-corrected chi connectivity index (χ2v) is 7.98. The molecule has 0 aromatic heterocycles. The van der Waals surface area contributed by atoms with E-state index >= 15 is 0 Å². The highest BCUT2D eigenvalue weighted by molar-refractivity contribution is 6.51. The first-order chi connectivity index (χ1) is 11.0. The SMILES string of the molecule is CC12CC[C@@H]3C4=CC=C(B(O)O)C=C=C4CCC3C1CCC2O. The highest BCUT2D eigenvalue weighted by atomic mass is 16.4. The minimum absolute atomic E-state index is 0.103. The number of hydrogen-bond acceptors (Lipinski definition) is 3. The van der Waals surface area contributed by atoms with Gasteiger partial charge in [-0.3, -0.25) is 0 Å². The van der Waals surface area contributed by atoms with E-state index in [1.807, 2.05) is 6.08 Å². The molecule has 3 saturated carbocycles. The molecule has 0 aliphatic heterocycles. The average Bonchev–Trinajstić information content (AvgIpc) is 2.72. The molecule has 4 unspecified atom stereocenters. The lowest BCUT2D eigenvalue weighted by atomic mass is 9.54. The summed E-state index contributed by atoms with van der Waals surface area (Å²) in [6, 6.07) is 0. The van der Waals surface area contributed by atoms with Gasteiger partial charge in [0.05, 0.1) is 6.10 Å². The molecule has 5 atom stereocenters. The molecule has 23 heavy (non-hydrogen) atoms. The van der Waals surface area contributed by atoms with Gasteiger partial charge in [-0.25, -0.2) is 0 Å². The summed E-state index contributed by atoms with van der Waals surface area (Å²) in [6.45, 7) is 2.29. The van der Waals surface area contributed by atoms with Gasteiger partial charge >= 0.3 is 7.12 Å². The standard InChI is InChI=1S/C19H25BO3/c1-19-11-10-15-14-7-5-13(20(22)23)4-2-12(14)3-6-16(15)17(19)8-9-18(19)21/h4-5,7,15-18,21-23H,3,6,8-11H2,1H3/t15-,16?,17?,18?,19?/m1/s1. The summed E-state index contributed by atoms with van der Waals surface area (Å²) in [5.41, 5.74) is 6.50. The van der Waals surface area contributed by atoms with Gasteiger partial charge in [0, 0.05) is 0 Å². The molecule has 0 saturated heterocycles. The molecule has 4 aliphatic carbocycles. The Morgan fingerprint density at radius 2 is 2.00 bits per heavy atom. The van der Waals surface area contributed by atoms with Crippen molar-refractivity contribution in [1.82, 2.24) is 0 Å². The summed E-state index contributed by atoms with van der Waals surface area (Å²) in [6.07, 6.45) is 12.0. The fraction of sp³-hybridized carbons (Fsp3) is 0.632. The number of aliphatic hydroxyl groups is 1. The van der Waals surface area contributed by atoms with Crippen LogP contribution < -0.4 is 0 Å². The summed E-state index contributed by atoms with van der Waals surface area (Å²) in [4.78, 5) is 0. The van der Waals surface area contributed by atoms with Gasteiger partial charge in [0.15, 0.2) is 0 Å². The minimum atomic E-state index is -1.43. The van der Waals surface area contributed by atoms with E-state index in [1.165, 1.54) is 17.6 Å². The number of rotatable bonds is 1. The molecule has 0 radical (unpaired) electrons. The second kappa shape index (κ2) is 5.49. The molecule has 0 spiro atoms. The van der Waals surface area contributed by atoms with E-state index in [0.29, 0.717) is 23.2 Å². The zero-order valence-electron chi connectivity index (χ0n) is 13.7. The van der Waals surface area contributed by atoms with E-state index < -0.39 is 7.12 Å². The number of fused-ring (bicyclic) bond motifs is 5. The topological polar surface area (TPSA) is 60.7 Å². The molecule has 3 fully saturated rings. The minimum Gasteiger partial charge on any atom is -0.423 e. The maximum atomic E-state index is 10.4. The van der Waals surface area contributed by atoms with Crippen LogP contribution in [0.25, 0.3) is 0 Å². The predicted molar refractivity (Wildman–Crippen MR) is 90.2 cm³/mol. The number of hydrogen-bond donors (Lipinski definition) is 3. The summed E-state index contributed by atoms with van der Waals surface area (Å²) in [5, 5.41) is 29.3. The van der Waals surface area contributed by atoms with Crippen molar-refractivity contribution >= 4 is 7.12 Å². The van der Waals surface area contributed by atoms with E-state index in [4.69, 9.17) is 0 Å². The molecule has 122 valence electrons. The Bertz CT molecular complexity index is 641.